The molecule has 1 spiro atoms. The van der Waals surface area contributed by atoms with E-state index in [0.717, 1.165) is 55.7 Å². The predicted molar refractivity (Wildman–Crippen MR) is 182 cm³/mol. The number of hydrogen-bond donors (Lipinski definition) is 0. The van der Waals surface area contributed by atoms with Crippen LogP contribution in [0.3, 0.4) is 0 Å². The highest BCUT2D eigenvalue weighted by molar-refractivity contribution is 6.09. The quantitative estimate of drug-likeness (QED) is 0.205. The van der Waals surface area contributed by atoms with Crippen LogP contribution in [0.5, 0.6) is 11.5 Å². The van der Waals surface area contributed by atoms with Crippen LogP contribution in [-0.4, -0.2) is 0 Å². The summed E-state index contributed by atoms with van der Waals surface area (Å²) in [7, 11) is 0. The minimum absolute atomic E-state index is 0.450. The zero-order chi connectivity index (χ0) is 29.5. The summed E-state index contributed by atoms with van der Waals surface area (Å²) < 4.78 is 13.1. The molecule has 0 saturated carbocycles. The maximum absolute atomic E-state index is 6.75. The van der Waals surface area contributed by atoms with Crippen LogP contribution in [0.15, 0.2) is 162 Å². The van der Waals surface area contributed by atoms with Crippen LogP contribution >= 0.6 is 0 Å². The van der Waals surface area contributed by atoms with Crippen molar-refractivity contribution in [3.8, 4) is 44.9 Å². The lowest BCUT2D eigenvalue weighted by Crippen LogP contribution is -2.32. The molecule has 10 rings (SSSR count). The number of furan rings is 1. The Hall–Kier alpha value is -5.86. The molecule has 1 aliphatic carbocycles. The van der Waals surface area contributed by atoms with Gasteiger partial charge in [-0.05, 0) is 63.2 Å². The SMILES string of the molecule is c1cc(-c2ccc3c(c2)Oc2ccccc2C32c3ccccc3-c3ccccc32)cc(-c2cccc3c2oc2ccccc23)c1. The summed E-state index contributed by atoms with van der Waals surface area (Å²) in [4.78, 5) is 0. The molecule has 0 unspecified atom stereocenters. The van der Waals surface area contributed by atoms with Gasteiger partial charge in [0.25, 0.3) is 0 Å². The number of benzene rings is 7. The Morgan fingerprint density at radius 3 is 1.82 bits per heavy atom. The molecule has 45 heavy (non-hydrogen) atoms. The van der Waals surface area contributed by atoms with E-state index in [2.05, 4.69) is 146 Å². The third-order valence-electron chi connectivity index (χ3n) is 9.76. The highest BCUT2D eigenvalue weighted by Crippen LogP contribution is 2.62. The largest absolute Gasteiger partial charge is 0.457 e. The van der Waals surface area contributed by atoms with Gasteiger partial charge >= 0.3 is 0 Å². The van der Waals surface area contributed by atoms with Gasteiger partial charge in [-0.15, -0.1) is 0 Å². The normalized spacial score (nSPS) is 13.7. The molecule has 0 N–H and O–H groups in total. The van der Waals surface area contributed by atoms with Crippen LogP contribution in [0.25, 0.3) is 55.3 Å². The van der Waals surface area contributed by atoms with Crippen LogP contribution < -0.4 is 4.74 Å². The molecule has 1 aromatic heterocycles. The van der Waals surface area contributed by atoms with Gasteiger partial charge in [0.1, 0.15) is 22.7 Å². The fourth-order valence-corrected chi connectivity index (χ4v) is 7.88. The number of hydrogen-bond acceptors (Lipinski definition) is 2. The number of fused-ring (bicyclic) bond motifs is 12. The van der Waals surface area contributed by atoms with Crippen LogP contribution in [0.1, 0.15) is 22.3 Å². The van der Waals surface area contributed by atoms with E-state index in [1.807, 2.05) is 12.1 Å². The van der Waals surface area contributed by atoms with Crippen molar-refractivity contribution in [1.82, 2.24) is 0 Å². The summed E-state index contributed by atoms with van der Waals surface area (Å²) in [5, 5.41) is 2.28. The number of para-hydroxylation sites is 3. The number of ether oxygens (including phenoxy) is 1. The Kier molecular flexibility index (Phi) is 4.95. The lowest BCUT2D eigenvalue weighted by atomic mass is 9.66. The lowest BCUT2D eigenvalue weighted by molar-refractivity contribution is 0.436. The van der Waals surface area contributed by atoms with E-state index in [4.69, 9.17) is 9.15 Å². The Bertz CT molecular complexity index is 2430. The van der Waals surface area contributed by atoms with Gasteiger partial charge in [-0.1, -0.05) is 133 Å². The fourth-order valence-electron chi connectivity index (χ4n) is 7.88. The van der Waals surface area contributed by atoms with Gasteiger partial charge in [-0.3, -0.25) is 0 Å². The highest BCUT2D eigenvalue weighted by Gasteiger charge is 2.50. The van der Waals surface area contributed by atoms with Gasteiger partial charge in [-0.25, -0.2) is 0 Å². The van der Waals surface area contributed by atoms with Gasteiger partial charge in [0.05, 0.1) is 5.41 Å². The van der Waals surface area contributed by atoms with Crippen molar-refractivity contribution in [2.75, 3.05) is 0 Å². The van der Waals surface area contributed by atoms with E-state index in [9.17, 15) is 0 Å². The van der Waals surface area contributed by atoms with Crippen LogP contribution in [0, 0.1) is 0 Å². The van der Waals surface area contributed by atoms with E-state index in [0.29, 0.717) is 0 Å². The van der Waals surface area contributed by atoms with Crippen molar-refractivity contribution >= 4 is 21.9 Å². The number of rotatable bonds is 2. The zero-order valence-corrected chi connectivity index (χ0v) is 24.3. The van der Waals surface area contributed by atoms with Crippen molar-refractivity contribution in [3.05, 3.63) is 180 Å². The third-order valence-corrected chi connectivity index (χ3v) is 9.76. The van der Waals surface area contributed by atoms with Crippen molar-refractivity contribution in [2.45, 2.75) is 5.41 Å². The van der Waals surface area contributed by atoms with Gasteiger partial charge in [0, 0.05) is 27.5 Å². The molecule has 0 radical (unpaired) electrons. The molecule has 210 valence electrons. The standard InChI is InChI=1S/C43H26O2/c1-4-18-35-31(13-1)32-14-2-5-19-36(32)43(35)37-20-6-8-22-40(37)44-41-26-28(23-24-38(41)43)27-11-9-12-29(25-27)30-16-10-17-34-33-15-3-7-21-39(33)45-42(30)34/h1-26H. The van der Waals surface area contributed by atoms with Crippen LogP contribution in [0.2, 0.25) is 0 Å². The van der Waals surface area contributed by atoms with Gasteiger partial charge in [-0.2, -0.15) is 0 Å². The molecule has 0 atom stereocenters. The monoisotopic (exact) mass is 574 g/mol. The molecule has 0 amide bonds. The lowest BCUT2D eigenvalue weighted by Gasteiger charge is -2.39. The Labute approximate surface area is 260 Å². The van der Waals surface area contributed by atoms with Gasteiger partial charge in [0.15, 0.2) is 0 Å². The molecule has 2 heteroatoms. The summed E-state index contributed by atoms with van der Waals surface area (Å²) in [6.45, 7) is 0. The molecule has 2 aliphatic rings. The molecule has 8 aromatic rings. The summed E-state index contributed by atoms with van der Waals surface area (Å²) in [5.41, 5.74) is 13.4. The Balaban J connectivity index is 1.16. The maximum atomic E-state index is 6.75. The molecule has 7 aromatic carbocycles. The second-order valence-corrected chi connectivity index (χ2v) is 12.0. The summed E-state index contributed by atoms with van der Waals surface area (Å²) in [5.74, 6) is 1.79. The second kappa shape index (κ2) is 9.07. The molecule has 2 heterocycles. The first-order chi connectivity index (χ1) is 22.3. The maximum Gasteiger partial charge on any atom is 0.143 e. The molecule has 2 nitrogen and oxygen atoms in total. The van der Waals surface area contributed by atoms with Gasteiger partial charge < -0.3 is 9.15 Å². The predicted octanol–water partition coefficient (Wildman–Crippen LogP) is 11.4. The molecule has 1 aliphatic heterocycles. The van der Waals surface area contributed by atoms with Crippen molar-refractivity contribution in [3.63, 3.8) is 0 Å². The minimum Gasteiger partial charge on any atom is -0.457 e. The first-order valence-corrected chi connectivity index (χ1v) is 15.4. The summed E-state index contributed by atoms with van der Waals surface area (Å²) in [6.07, 6.45) is 0. The molecule has 0 saturated heterocycles. The Morgan fingerprint density at radius 2 is 0.978 bits per heavy atom. The molecular weight excluding hydrogens is 548 g/mol. The van der Waals surface area contributed by atoms with Crippen LogP contribution in [-0.2, 0) is 5.41 Å². The topological polar surface area (TPSA) is 22.4 Å². The van der Waals surface area contributed by atoms with Crippen molar-refractivity contribution in [1.29, 1.82) is 0 Å². The molecule has 0 fully saturated rings. The average molecular weight is 575 g/mol. The third kappa shape index (κ3) is 3.29. The van der Waals surface area contributed by atoms with Crippen molar-refractivity contribution in [2.24, 2.45) is 0 Å². The van der Waals surface area contributed by atoms with Gasteiger partial charge in [0.2, 0.25) is 0 Å². The molecular formula is C43H26O2. The van der Waals surface area contributed by atoms with E-state index in [1.54, 1.807) is 0 Å². The average Bonchev–Trinajstić information content (AvgIpc) is 3.63. The van der Waals surface area contributed by atoms with E-state index < -0.39 is 5.41 Å². The zero-order valence-electron chi connectivity index (χ0n) is 24.3. The second-order valence-electron chi connectivity index (χ2n) is 12.0. The minimum atomic E-state index is -0.450. The smallest absolute Gasteiger partial charge is 0.143 e. The van der Waals surface area contributed by atoms with E-state index in [1.165, 1.54) is 33.4 Å². The molecule has 0 bridgehead atoms. The first-order valence-electron chi connectivity index (χ1n) is 15.4. The van der Waals surface area contributed by atoms with Crippen LogP contribution in [0.4, 0.5) is 0 Å². The fraction of sp³-hybridized carbons (Fsp3) is 0.0233. The Morgan fingerprint density at radius 1 is 0.378 bits per heavy atom. The van der Waals surface area contributed by atoms with E-state index >= 15 is 0 Å². The first kappa shape index (κ1) is 24.6. The summed E-state index contributed by atoms with van der Waals surface area (Å²) >= 11 is 0. The summed E-state index contributed by atoms with van der Waals surface area (Å²) in [6, 6.07) is 56.4. The highest BCUT2D eigenvalue weighted by atomic mass is 16.5. The van der Waals surface area contributed by atoms with E-state index in [-0.39, 0.29) is 0 Å². The van der Waals surface area contributed by atoms with Crippen molar-refractivity contribution < 1.29 is 9.15 Å².